The molecule has 1 unspecified atom stereocenters. The van der Waals surface area contributed by atoms with Gasteiger partial charge in [0.2, 0.25) is 5.91 Å². The number of benzene rings is 1. The number of nitrogens with one attached hydrogen (secondary N) is 2. The van der Waals surface area contributed by atoms with Crippen LogP contribution in [0.2, 0.25) is 0 Å². The lowest BCUT2D eigenvalue weighted by molar-refractivity contribution is -0.116. The topological polar surface area (TPSA) is 41.1 Å². The van der Waals surface area contributed by atoms with Crippen molar-refractivity contribution in [2.75, 3.05) is 18.4 Å². The molecule has 1 fully saturated rings. The molecule has 0 saturated carbocycles. The fraction of sp³-hybridized carbons (Fsp3) is 0.562. The molecule has 1 heterocycles. The van der Waals surface area contributed by atoms with Crippen molar-refractivity contribution in [2.24, 2.45) is 5.92 Å². The predicted octanol–water partition coefficient (Wildman–Crippen LogP) is 2.92. The van der Waals surface area contributed by atoms with Gasteiger partial charge in [-0.05, 0) is 48.5 Å². The molecule has 1 amide bonds. The van der Waals surface area contributed by atoms with E-state index in [2.05, 4.69) is 43.5 Å². The monoisotopic (exact) mass is 260 g/mol. The van der Waals surface area contributed by atoms with E-state index in [4.69, 9.17) is 0 Å². The summed E-state index contributed by atoms with van der Waals surface area (Å²) in [4.78, 5) is 11.9. The molecule has 0 radical (unpaired) electrons. The molecular weight excluding hydrogens is 236 g/mol. The maximum atomic E-state index is 11.9. The van der Waals surface area contributed by atoms with Gasteiger partial charge in [0.05, 0.1) is 0 Å². The minimum absolute atomic E-state index is 0.122. The molecular formula is C16H24N2O. The summed E-state index contributed by atoms with van der Waals surface area (Å²) < 4.78 is 0. The second-order valence-electron chi connectivity index (χ2n) is 6.44. The summed E-state index contributed by atoms with van der Waals surface area (Å²) in [7, 11) is 0. The summed E-state index contributed by atoms with van der Waals surface area (Å²) >= 11 is 0. The third-order valence-corrected chi connectivity index (χ3v) is 3.67. The molecule has 1 aliphatic heterocycles. The summed E-state index contributed by atoms with van der Waals surface area (Å²) in [6, 6.07) is 8.16. The van der Waals surface area contributed by atoms with Gasteiger partial charge in [0.25, 0.3) is 0 Å². The highest BCUT2D eigenvalue weighted by molar-refractivity contribution is 5.90. The van der Waals surface area contributed by atoms with Crippen molar-refractivity contribution in [1.29, 1.82) is 0 Å². The standard InChI is InChI=1S/C16H24N2O/c1-16(2,3)13-4-6-14(7-5-13)18-15(19)10-12-8-9-17-11-12/h4-7,12,17H,8-11H2,1-3H3,(H,18,19). The first-order chi connectivity index (χ1) is 8.95. The van der Waals surface area contributed by atoms with E-state index in [0.29, 0.717) is 12.3 Å². The zero-order valence-electron chi connectivity index (χ0n) is 12.1. The normalized spacial score (nSPS) is 19.4. The molecule has 2 N–H and O–H groups in total. The van der Waals surface area contributed by atoms with E-state index in [-0.39, 0.29) is 11.3 Å². The van der Waals surface area contributed by atoms with Gasteiger partial charge >= 0.3 is 0 Å². The molecule has 19 heavy (non-hydrogen) atoms. The highest BCUT2D eigenvalue weighted by atomic mass is 16.1. The lowest BCUT2D eigenvalue weighted by Gasteiger charge is -2.19. The average molecular weight is 260 g/mol. The van der Waals surface area contributed by atoms with Crippen molar-refractivity contribution >= 4 is 11.6 Å². The van der Waals surface area contributed by atoms with Crippen molar-refractivity contribution in [2.45, 2.75) is 39.0 Å². The third-order valence-electron chi connectivity index (χ3n) is 3.67. The van der Waals surface area contributed by atoms with Crippen LogP contribution in [0.15, 0.2) is 24.3 Å². The van der Waals surface area contributed by atoms with Gasteiger partial charge < -0.3 is 10.6 Å². The quantitative estimate of drug-likeness (QED) is 0.877. The van der Waals surface area contributed by atoms with Crippen LogP contribution in [0, 0.1) is 5.92 Å². The first-order valence-electron chi connectivity index (χ1n) is 7.06. The van der Waals surface area contributed by atoms with E-state index >= 15 is 0 Å². The Bertz CT molecular complexity index is 425. The number of anilines is 1. The minimum Gasteiger partial charge on any atom is -0.326 e. The van der Waals surface area contributed by atoms with E-state index in [1.165, 1.54) is 5.56 Å². The third kappa shape index (κ3) is 4.06. The SMILES string of the molecule is CC(C)(C)c1ccc(NC(=O)CC2CCNC2)cc1. The number of amides is 1. The van der Waals surface area contributed by atoms with Crippen molar-refractivity contribution in [1.82, 2.24) is 5.32 Å². The van der Waals surface area contributed by atoms with E-state index in [1.807, 2.05) is 12.1 Å². The van der Waals surface area contributed by atoms with Gasteiger partial charge in [-0.25, -0.2) is 0 Å². The van der Waals surface area contributed by atoms with E-state index in [0.717, 1.165) is 25.2 Å². The highest BCUT2D eigenvalue weighted by Crippen LogP contribution is 2.23. The predicted molar refractivity (Wildman–Crippen MR) is 79.4 cm³/mol. The fourth-order valence-corrected chi connectivity index (χ4v) is 2.42. The summed E-state index contributed by atoms with van der Waals surface area (Å²) in [5.41, 5.74) is 2.33. The van der Waals surface area contributed by atoms with Gasteiger partial charge in [-0.3, -0.25) is 4.79 Å². The fourth-order valence-electron chi connectivity index (χ4n) is 2.42. The van der Waals surface area contributed by atoms with Gasteiger partial charge in [-0.15, -0.1) is 0 Å². The molecule has 2 rings (SSSR count). The summed E-state index contributed by atoms with van der Waals surface area (Å²) in [6.45, 7) is 8.57. The van der Waals surface area contributed by atoms with Crippen molar-refractivity contribution in [3.05, 3.63) is 29.8 Å². The van der Waals surface area contributed by atoms with Gasteiger partial charge in [-0.1, -0.05) is 32.9 Å². The van der Waals surface area contributed by atoms with Crippen molar-refractivity contribution in [3.8, 4) is 0 Å². The molecule has 1 aliphatic rings. The van der Waals surface area contributed by atoms with Crippen molar-refractivity contribution < 1.29 is 4.79 Å². The second kappa shape index (κ2) is 5.74. The molecule has 3 nitrogen and oxygen atoms in total. The largest absolute Gasteiger partial charge is 0.326 e. The number of carbonyl (C=O) groups excluding carboxylic acids is 1. The van der Waals surface area contributed by atoms with E-state index in [9.17, 15) is 4.79 Å². The Morgan fingerprint density at radius 2 is 2.00 bits per heavy atom. The average Bonchev–Trinajstić information content (AvgIpc) is 2.81. The zero-order chi connectivity index (χ0) is 13.9. The van der Waals surface area contributed by atoms with Crippen LogP contribution in [0.1, 0.15) is 39.2 Å². The summed E-state index contributed by atoms with van der Waals surface area (Å²) in [5, 5.41) is 6.27. The van der Waals surface area contributed by atoms with Crippen LogP contribution in [-0.4, -0.2) is 19.0 Å². The summed E-state index contributed by atoms with van der Waals surface area (Å²) in [5.74, 6) is 0.617. The second-order valence-corrected chi connectivity index (χ2v) is 6.44. The molecule has 3 heteroatoms. The highest BCUT2D eigenvalue weighted by Gasteiger charge is 2.18. The number of rotatable bonds is 3. The van der Waals surface area contributed by atoms with Crippen LogP contribution in [0.4, 0.5) is 5.69 Å². The van der Waals surface area contributed by atoms with Crippen LogP contribution in [0.3, 0.4) is 0 Å². The zero-order valence-corrected chi connectivity index (χ0v) is 12.1. The van der Waals surface area contributed by atoms with Crippen LogP contribution in [-0.2, 0) is 10.2 Å². The van der Waals surface area contributed by atoms with Crippen LogP contribution < -0.4 is 10.6 Å². The summed E-state index contributed by atoms with van der Waals surface area (Å²) in [6.07, 6.45) is 1.73. The van der Waals surface area contributed by atoms with Crippen LogP contribution in [0.25, 0.3) is 0 Å². The Labute approximate surface area is 115 Å². The molecule has 0 aliphatic carbocycles. The maximum absolute atomic E-state index is 11.9. The van der Waals surface area contributed by atoms with Gasteiger partial charge in [-0.2, -0.15) is 0 Å². The van der Waals surface area contributed by atoms with Gasteiger partial charge in [0.15, 0.2) is 0 Å². The first-order valence-corrected chi connectivity index (χ1v) is 7.06. The molecule has 0 aromatic heterocycles. The van der Waals surface area contributed by atoms with Crippen LogP contribution >= 0.6 is 0 Å². The van der Waals surface area contributed by atoms with Gasteiger partial charge in [0, 0.05) is 12.1 Å². The molecule has 1 atom stereocenters. The smallest absolute Gasteiger partial charge is 0.224 e. The first kappa shape index (κ1) is 14.1. The Morgan fingerprint density at radius 1 is 1.32 bits per heavy atom. The lowest BCUT2D eigenvalue weighted by atomic mass is 9.87. The molecule has 1 saturated heterocycles. The molecule has 1 aromatic carbocycles. The molecule has 0 bridgehead atoms. The number of hydrogen-bond donors (Lipinski definition) is 2. The molecule has 0 spiro atoms. The number of carbonyl (C=O) groups is 1. The Hall–Kier alpha value is -1.35. The molecule has 1 aromatic rings. The van der Waals surface area contributed by atoms with E-state index < -0.39 is 0 Å². The maximum Gasteiger partial charge on any atom is 0.224 e. The Morgan fingerprint density at radius 3 is 2.53 bits per heavy atom. The van der Waals surface area contributed by atoms with Gasteiger partial charge in [0.1, 0.15) is 0 Å². The lowest BCUT2D eigenvalue weighted by Crippen LogP contribution is -2.18. The molecule has 104 valence electrons. The Kier molecular flexibility index (Phi) is 4.25. The Balaban J connectivity index is 1.90. The van der Waals surface area contributed by atoms with Crippen LogP contribution in [0.5, 0.6) is 0 Å². The number of hydrogen-bond acceptors (Lipinski definition) is 2. The minimum atomic E-state index is 0.122. The van der Waals surface area contributed by atoms with E-state index in [1.54, 1.807) is 0 Å². The van der Waals surface area contributed by atoms with Crippen molar-refractivity contribution in [3.63, 3.8) is 0 Å².